The number of rotatable bonds is 6. The maximum Gasteiger partial charge on any atom is 0.325 e. The molecule has 1 rings (SSSR count). The van der Waals surface area contributed by atoms with E-state index in [2.05, 4.69) is 20.7 Å². The van der Waals surface area contributed by atoms with Gasteiger partial charge in [0.25, 0.3) is 6.43 Å². The summed E-state index contributed by atoms with van der Waals surface area (Å²) < 4.78 is 41.4. The van der Waals surface area contributed by atoms with E-state index in [4.69, 9.17) is 0 Å². The van der Waals surface area contributed by atoms with Gasteiger partial charge in [-0.25, -0.2) is 8.78 Å². The number of nitrogens with one attached hydrogen (secondary N) is 1. The molecule has 2 atom stereocenters. The predicted molar refractivity (Wildman–Crippen MR) is 78.7 cm³/mol. The van der Waals surface area contributed by atoms with Gasteiger partial charge < -0.3 is 9.63 Å². The number of halogens is 3. The minimum absolute atomic E-state index is 0.130. The van der Waals surface area contributed by atoms with Crippen LogP contribution in [0.5, 0.6) is 0 Å². The monoisotopic (exact) mass is 401 g/mol. The zero-order valence-electron chi connectivity index (χ0n) is 11.6. The second-order valence-corrected chi connectivity index (χ2v) is 7.34. The zero-order chi connectivity index (χ0) is 16.9. The first kappa shape index (κ1) is 19.0. The smallest absolute Gasteiger partial charge is 0.325 e. The van der Waals surface area contributed by atoms with Gasteiger partial charge in [-0.1, -0.05) is 28.1 Å². The molecular weight excluding hydrogens is 387 g/mol. The van der Waals surface area contributed by atoms with Gasteiger partial charge in [0.15, 0.2) is 12.3 Å². The number of esters is 1. The molecule has 0 bridgehead atoms. The van der Waals surface area contributed by atoms with Crippen LogP contribution in [0.15, 0.2) is 22.2 Å². The molecule has 0 fully saturated rings. The van der Waals surface area contributed by atoms with Gasteiger partial charge in [0, 0.05) is 11.4 Å². The van der Waals surface area contributed by atoms with Gasteiger partial charge in [0.1, 0.15) is 0 Å². The molecule has 0 radical (unpaired) electrons. The van der Waals surface area contributed by atoms with Crippen molar-refractivity contribution in [2.24, 2.45) is 0 Å². The van der Waals surface area contributed by atoms with Crippen LogP contribution in [0.3, 0.4) is 0 Å². The molecule has 0 aromatic heterocycles. The molecule has 1 aliphatic carbocycles. The normalized spacial score (nSPS) is 18.8. The van der Waals surface area contributed by atoms with Crippen molar-refractivity contribution in [2.75, 3.05) is 6.61 Å². The molecule has 0 saturated heterocycles. The minimum Gasteiger partial charge on any atom is -0.459 e. The molecule has 2 unspecified atom stereocenters. The molecule has 1 amide bonds. The molecule has 0 aromatic rings. The number of ether oxygens (including phenoxy) is 1. The van der Waals surface area contributed by atoms with Crippen molar-refractivity contribution in [1.29, 1.82) is 0 Å². The number of hydrogen-bond donors (Lipinski definition) is 2. The Hall–Kier alpha value is -1.05. The lowest BCUT2D eigenvalue weighted by Crippen LogP contribution is -2.34. The maximum atomic E-state index is 12.3. The summed E-state index contributed by atoms with van der Waals surface area (Å²) in [5, 5.41) is 1.80. The van der Waals surface area contributed by atoms with E-state index in [-0.39, 0.29) is 5.57 Å². The van der Waals surface area contributed by atoms with Crippen molar-refractivity contribution in [3.05, 3.63) is 22.2 Å². The number of hydrogen-bond acceptors (Lipinski definition) is 4. The SMILES string of the molecule is CC(=O)NP(=O)(O)C(C(=O)OCC(F)F)C1=CCCC=C1Br. The van der Waals surface area contributed by atoms with Crippen LogP contribution >= 0.6 is 23.4 Å². The Morgan fingerprint density at radius 1 is 1.45 bits per heavy atom. The van der Waals surface area contributed by atoms with Crippen molar-refractivity contribution in [2.45, 2.75) is 31.8 Å². The van der Waals surface area contributed by atoms with Gasteiger partial charge in [0.05, 0.1) is 0 Å². The van der Waals surface area contributed by atoms with E-state index in [9.17, 15) is 27.8 Å². The highest BCUT2D eigenvalue weighted by molar-refractivity contribution is 9.12. The number of amides is 1. The number of carbonyl (C=O) groups is 2. The quantitative estimate of drug-likeness (QED) is 0.526. The van der Waals surface area contributed by atoms with E-state index < -0.39 is 38.1 Å². The van der Waals surface area contributed by atoms with Crippen LogP contribution < -0.4 is 5.09 Å². The number of carbonyl (C=O) groups excluding carboxylic acids is 2. The summed E-state index contributed by atoms with van der Waals surface area (Å²) in [4.78, 5) is 33.0. The third-order valence-corrected chi connectivity index (χ3v) is 5.27. The topological polar surface area (TPSA) is 92.7 Å². The first-order valence-electron chi connectivity index (χ1n) is 6.27. The van der Waals surface area contributed by atoms with E-state index in [1.165, 1.54) is 6.08 Å². The van der Waals surface area contributed by atoms with Crippen LogP contribution in [0.25, 0.3) is 0 Å². The van der Waals surface area contributed by atoms with E-state index in [0.717, 1.165) is 6.92 Å². The van der Waals surface area contributed by atoms with Crippen LogP contribution in [0.4, 0.5) is 8.78 Å². The standard InChI is InChI=1S/C12H15BrF2NO5P/c1-7(17)16-22(19,20)11(12(18)21-6-10(14)15)8-4-2-3-5-9(8)13/h4-5,10-11H,2-3,6H2,1H3,(H2,16,17,19,20). The van der Waals surface area contributed by atoms with Gasteiger partial charge in [-0.05, 0) is 18.4 Å². The molecule has 6 nitrogen and oxygen atoms in total. The molecule has 0 aliphatic heterocycles. The van der Waals surface area contributed by atoms with Gasteiger partial charge in [0.2, 0.25) is 5.91 Å². The van der Waals surface area contributed by atoms with Crippen LogP contribution in [-0.2, 0) is 18.9 Å². The second-order valence-electron chi connectivity index (χ2n) is 4.50. The zero-order valence-corrected chi connectivity index (χ0v) is 14.1. The molecule has 0 heterocycles. The van der Waals surface area contributed by atoms with Gasteiger partial charge >= 0.3 is 13.5 Å². The highest BCUT2D eigenvalue weighted by atomic mass is 79.9. The highest BCUT2D eigenvalue weighted by Gasteiger charge is 2.43. The van der Waals surface area contributed by atoms with Crippen molar-refractivity contribution < 1.29 is 32.6 Å². The lowest BCUT2D eigenvalue weighted by Gasteiger charge is -2.25. The van der Waals surface area contributed by atoms with Crippen molar-refractivity contribution >= 4 is 35.3 Å². The molecule has 1 aliphatic rings. The summed E-state index contributed by atoms with van der Waals surface area (Å²) >= 11 is 3.15. The van der Waals surface area contributed by atoms with Gasteiger partial charge in [-0.2, -0.15) is 0 Å². The largest absolute Gasteiger partial charge is 0.459 e. The Balaban J connectivity index is 3.13. The Labute approximate surface area is 134 Å². The predicted octanol–water partition coefficient (Wildman–Crippen LogP) is 2.48. The Kier molecular flexibility index (Phi) is 6.90. The summed E-state index contributed by atoms with van der Waals surface area (Å²) in [6, 6.07) is 0. The highest BCUT2D eigenvalue weighted by Crippen LogP contribution is 2.49. The van der Waals surface area contributed by atoms with Gasteiger partial charge in [-0.3, -0.25) is 19.2 Å². The van der Waals surface area contributed by atoms with E-state index in [0.29, 0.717) is 17.3 Å². The summed E-state index contributed by atoms with van der Waals surface area (Å²) in [5.41, 5.74) is -1.63. The molecular formula is C12H15BrF2NO5P. The third kappa shape index (κ3) is 5.30. The van der Waals surface area contributed by atoms with E-state index in [1.807, 2.05) is 0 Å². The Morgan fingerprint density at radius 3 is 2.55 bits per heavy atom. The fraction of sp³-hybridized carbons (Fsp3) is 0.500. The van der Waals surface area contributed by atoms with E-state index in [1.54, 1.807) is 11.2 Å². The molecule has 22 heavy (non-hydrogen) atoms. The summed E-state index contributed by atoms with van der Waals surface area (Å²) in [7, 11) is -4.54. The fourth-order valence-corrected chi connectivity index (χ4v) is 4.24. The lowest BCUT2D eigenvalue weighted by molar-refractivity contribution is -0.146. The first-order valence-corrected chi connectivity index (χ1v) is 8.79. The number of alkyl halides is 2. The Bertz CT molecular complexity index is 564. The minimum atomic E-state index is -4.54. The second kappa shape index (κ2) is 7.99. The molecule has 10 heteroatoms. The molecule has 124 valence electrons. The van der Waals surface area contributed by atoms with Crippen LogP contribution in [0.1, 0.15) is 19.8 Å². The Morgan fingerprint density at radius 2 is 2.05 bits per heavy atom. The third-order valence-electron chi connectivity index (χ3n) is 2.67. The number of allylic oxidation sites excluding steroid dienone is 3. The average molecular weight is 402 g/mol. The molecule has 2 N–H and O–H groups in total. The lowest BCUT2D eigenvalue weighted by atomic mass is 10.0. The first-order chi connectivity index (χ1) is 10.1. The summed E-state index contributed by atoms with van der Waals surface area (Å²) in [6.45, 7) is -0.186. The fourth-order valence-electron chi connectivity index (χ4n) is 1.88. The molecule has 0 aromatic carbocycles. The summed E-state index contributed by atoms with van der Waals surface area (Å²) in [6.07, 6.45) is 1.46. The van der Waals surface area contributed by atoms with E-state index >= 15 is 0 Å². The maximum absolute atomic E-state index is 12.3. The van der Waals surface area contributed by atoms with Crippen molar-refractivity contribution in [3.8, 4) is 0 Å². The van der Waals surface area contributed by atoms with Crippen LogP contribution in [0, 0.1) is 0 Å². The van der Waals surface area contributed by atoms with Crippen LogP contribution in [0.2, 0.25) is 0 Å². The van der Waals surface area contributed by atoms with Crippen LogP contribution in [-0.4, -0.2) is 35.5 Å². The van der Waals surface area contributed by atoms with Crippen molar-refractivity contribution in [1.82, 2.24) is 5.09 Å². The van der Waals surface area contributed by atoms with Gasteiger partial charge in [-0.15, -0.1) is 0 Å². The molecule has 0 spiro atoms. The average Bonchev–Trinajstić information content (AvgIpc) is 2.37. The summed E-state index contributed by atoms with van der Waals surface area (Å²) in [5.74, 6) is -2.12. The van der Waals surface area contributed by atoms with Crippen molar-refractivity contribution in [3.63, 3.8) is 0 Å². The molecule has 0 saturated carbocycles.